The van der Waals surface area contributed by atoms with E-state index in [9.17, 15) is 13.2 Å². The molecular formula is C15H22N6O5S. The molecule has 0 radical (unpaired) electrons. The van der Waals surface area contributed by atoms with E-state index in [2.05, 4.69) is 39.3 Å². The first-order valence-electron chi connectivity index (χ1n) is 8.33. The number of carbonyl (C=O) groups excluding carboxylic acids is 1. The molecule has 1 aliphatic heterocycles. The Hall–Kier alpha value is -2.76. The van der Waals surface area contributed by atoms with Crippen LogP contribution in [0, 0.1) is 0 Å². The number of rotatable bonds is 5. The fraction of sp³-hybridized carbons (Fsp3) is 0.533. The molecule has 2 aromatic rings. The summed E-state index contributed by atoms with van der Waals surface area (Å²) in [5.74, 6) is 0.688. The Labute approximate surface area is 157 Å². The van der Waals surface area contributed by atoms with Crippen molar-refractivity contribution in [3.63, 3.8) is 0 Å². The van der Waals surface area contributed by atoms with Crippen LogP contribution in [0.15, 0.2) is 21.9 Å². The molecule has 11 nitrogen and oxygen atoms in total. The lowest BCUT2D eigenvalue weighted by Crippen LogP contribution is -2.25. The fourth-order valence-electron chi connectivity index (χ4n) is 1.97. The zero-order valence-corrected chi connectivity index (χ0v) is 16.4. The maximum absolute atomic E-state index is 11.6. The second-order valence-electron chi connectivity index (χ2n) is 5.76. The minimum atomic E-state index is -3.57. The molecule has 1 amide bonds. The predicted octanol–water partition coefficient (Wildman–Crippen LogP) is 1.81. The molecule has 0 spiro atoms. The number of aromatic nitrogens is 4. The number of carbonyl (C=O) groups is 1. The zero-order chi connectivity index (χ0) is 20.0. The highest BCUT2D eigenvalue weighted by Crippen LogP contribution is 2.20. The van der Waals surface area contributed by atoms with Crippen LogP contribution in [0.4, 0.5) is 16.6 Å². The van der Waals surface area contributed by atoms with Crippen molar-refractivity contribution in [2.24, 2.45) is 0 Å². The molecule has 1 fully saturated rings. The van der Waals surface area contributed by atoms with E-state index in [4.69, 9.17) is 9.15 Å². The van der Waals surface area contributed by atoms with E-state index < -0.39 is 27.2 Å². The van der Waals surface area contributed by atoms with Gasteiger partial charge in [-0.3, -0.25) is 4.90 Å². The topological polar surface area (TPSA) is 140 Å². The van der Waals surface area contributed by atoms with Gasteiger partial charge in [0.15, 0.2) is 0 Å². The lowest BCUT2D eigenvalue weighted by Gasteiger charge is -2.14. The number of cyclic esters (lactones) is 1. The fourth-order valence-corrected chi connectivity index (χ4v) is 2.40. The second kappa shape index (κ2) is 8.75. The maximum atomic E-state index is 11.6. The first kappa shape index (κ1) is 20.6. The van der Waals surface area contributed by atoms with Gasteiger partial charge in [0.05, 0.1) is 6.54 Å². The van der Waals surface area contributed by atoms with E-state index in [0.717, 1.165) is 6.26 Å². The predicted molar refractivity (Wildman–Crippen MR) is 96.1 cm³/mol. The van der Waals surface area contributed by atoms with Gasteiger partial charge in [-0.25, -0.2) is 18.2 Å². The smallest absolute Gasteiger partial charge is 0.415 e. The first-order chi connectivity index (χ1) is 12.8. The third kappa shape index (κ3) is 5.36. The average molecular weight is 398 g/mol. The summed E-state index contributed by atoms with van der Waals surface area (Å²) in [7, 11) is -3.57. The van der Waals surface area contributed by atoms with Crippen molar-refractivity contribution in [2.45, 2.75) is 38.5 Å². The Morgan fingerprint density at radius 3 is 2.59 bits per heavy atom. The molecule has 0 unspecified atom stereocenters. The Balaban J connectivity index is 0.000000817. The molecule has 1 aliphatic rings. The number of nitrogens with one attached hydrogen (secondary N) is 1. The van der Waals surface area contributed by atoms with Gasteiger partial charge in [0.25, 0.3) is 0 Å². The summed E-state index contributed by atoms with van der Waals surface area (Å²) in [4.78, 5) is 21.2. The molecule has 3 heterocycles. The summed E-state index contributed by atoms with van der Waals surface area (Å²) in [6, 6.07) is 1.05. The number of anilines is 2. The van der Waals surface area contributed by atoms with Crippen molar-refractivity contribution >= 4 is 27.7 Å². The van der Waals surface area contributed by atoms with Crippen molar-refractivity contribution in [1.82, 2.24) is 20.2 Å². The molecule has 27 heavy (non-hydrogen) atoms. The SMILES string of the molecule is CCC.C[C@H](Nc1nccc(N2CCOC2=O)n1)c1nnc(S(C)(=O)=O)o1. The van der Waals surface area contributed by atoms with Crippen molar-refractivity contribution in [2.75, 3.05) is 29.6 Å². The van der Waals surface area contributed by atoms with E-state index in [0.29, 0.717) is 19.0 Å². The van der Waals surface area contributed by atoms with Crippen molar-refractivity contribution in [1.29, 1.82) is 0 Å². The van der Waals surface area contributed by atoms with Crippen LogP contribution in [0.1, 0.15) is 39.1 Å². The number of sulfone groups is 1. The van der Waals surface area contributed by atoms with Gasteiger partial charge in [-0.05, 0) is 13.0 Å². The summed E-state index contributed by atoms with van der Waals surface area (Å²) in [6.07, 6.45) is 3.24. The summed E-state index contributed by atoms with van der Waals surface area (Å²) in [5.41, 5.74) is 0. The summed E-state index contributed by atoms with van der Waals surface area (Å²) >= 11 is 0. The minimum Gasteiger partial charge on any atom is -0.447 e. The van der Waals surface area contributed by atoms with Gasteiger partial charge in [-0.15, -0.1) is 5.10 Å². The lowest BCUT2D eigenvalue weighted by molar-refractivity contribution is 0.181. The van der Waals surface area contributed by atoms with Crippen LogP contribution in [0.2, 0.25) is 0 Å². The number of ether oxygens (including phenoxy) is 1. The molecule has 0 bridgehead atoms. The van der Waals surface area contributed by atoms with Gasteiger partial charge >= 0.3 is 11.3 Å². The zero-order valence-electron chi connectivity index (χ0n) is 15.5. The average Bonchev–Trinajstić information content (AvgIpc) is 3.24. The van der Waals surface area contributed by atoms with Crippen LogP contribution in [0.5, 0.6) is 0 Å². The first-order valence-corrected chi connectivity index (χ1v) is 10.2. The van der Waals surface area contributed by atoms with E-state index in [1.807, 2.05) is 0 Å². The number of hydrogen-bond donors (Lipinski definition) is 1. The van der Waals surface area contributed by atoms with E-state index in [1.54, 1.807) is 13.0 Å². The Morgan fingerprint density at radius 2 is 2.04 bits per heavy atom. The molecule has 0 aliphatic carbocycles. The Bertz CT molecular complexity index is 884. The van der Waals surface area contributed by atoms with Crippen molar-refractivity contribution in [3.05, 3.63) is 18.2 Å². The van der Waals surface area contributed by atoms with Gasteiger partial charge in [-0.2, -0.15) is 4.98 Å². The van der Waals surface area contributed by atoms with Gasteiger partial charge in [0, 0.05) is 12.5 Å². The van der Waals surface area contributed by atoms with Crippen LogP contribution >= 0.6 is 0 Å². The molecule has 12 heteroatoms. The number of nitrogens with zero attached hydrogens (tertiary/aromatic N) is 5. The van der Waals surface area contributed by atoms with Crippen LogP contribution in [-0.2, 0) is 14.6 Å². The van der Waals surface area contributed by atoms with Gasteiger partial charge < -0.3 is 14.5 Å². The molecule has 0 aromatic carbocycles. The highest BCUT2D eigenvalue weighted by atomic mass is 32.2. The van der Waals surface area contributed by atoms with Crippen molar-refractivity contribution in [3.8, 4) is 0 Å². The van der Waals surface area contributed by atoms with E-state index in [-0.39, 0.29) is 11.8 Å². The highest BCUT2D eigenvalue weighted by molar-refractivity contribution is 7.90. The highest BCUT2D eigenvalue weighted by Gasteiger charge is 2.25. The van der Waals surface area contributed by atoms with Crippen LogP contribution in [0.25, 0.3) is 0 Å². The third-order valence-corrected chi connectivity index (χ3v) is 3.93. The molecule has 3 rings (SSSR count). The van der Waals surface area contributed by atoms with Crippen LogP contribution in [0.3, 0.4) is 0 Å². The van der Waals surface area contributed by atoms with Gasteiger partial charge in [0.1, 0.15) is 18.5 Å². The molecular weight excluding hydrogens is 376 g/mol. The van der Waals surface area contributed by atoms with Crippen LogP contribution in [-0.4, -0.2) is 54.1 Å². The quantitative estimate of drug-likeness (QED) is 0.792. The summed E-state index contributed by atoms with van der Waals surface area (Å²) in [5, 5.41) is 9.63. The Morgan fingerprint density at radius 1 is 1.33 bits per heavy atom. The standard InChI is InChI=1S/C12H14N6O5S.C3H8/c1-7(9-16-17-11(23-9)24(2,20)21)14-10-13-4-3-8(15-10)18-5-6-22-12(18)19;1-3-2/h3-4,7H,5-6H2,1-2H3,(H,13,14,15);3H2,1-2H3/t7-;/m0./s1. The number of amides is 1. The van der Waals surface area contributed by atoms with Gasteiger partial charge in [-0.1, -0.05) is 25.4 Å². The number of hydrogen-bond acceptors (Lipinski definition) is 10. The molecule has 2 aromatic heterocycles. The summed E-state index contributed by atoms with van der Waals surface area (Å²) in [6.45, 7) is 6.64. The van der Waals surface area contributed by atoms with E-state index >= 15 is 0 Å². The minimum absolute atomic E-state index is 0.0741. The molecule has 1 N–H and O–H groups in total. The van der Waals surface area contributed by atoms with E-state index in [1.165, 1.54) is 17.5 Å². The van der Waals surface area contributed by atoms with Crippen molar-refractivity contribution < 1.29 is 22.4 Å². The monoisotopic (exact) mass is 398 g/mol. The molecule has 1 atom stereocenters. The molecule has 148 valence electrons. The Kier molecular flexibility index (Phi) is 6.66. The molecule has 1 saturated heterocycles. The van der Waals surface area contributed by atoms with Crippen LogP contribution < -0.4 is 10.2 Å². The second-order valence-corrected chi connectivity index (χ2v) is 7.65. The maximum Gasteiger partial charge on any atom is 0.415 e. The summed E-state index contributed by atoms with van der Waals surface area (Å²) < 4.78 is 32.7. The third-order valence-electron chi connectivity index (χ3n) is 3.13. The lowest BCUT2D eigenvalue weighted by atomic mass is 10.3. The normalized spacial score (nSPS) is 15.0. The molecule has 0 saturated carbocycles. The van der Waals surface area contributed by atoms with Gasteiger partial charge in [0.2, 0.25) is 21.7 Å². The largest absolute Gasteiger partial charge is 0.447 e.